The third-order valence-corrected chi connectivity index (χ3v) is 5.23. The highest BCUT2D eigenvalue weighted by Gasteiger charge is 2.22. The number of hydrogen-bond donors (Lipinski definition) is 0. The van der Waals surface area contributed by atoms with Gasteiger partial charge in [-0.25, -0.2) is 0 Å². The number of benzene rings is 2. The minimum absolute atomic E-state index is 0.628. The van der Waals surface area contributed by atoms with Crippen LogP contribution in [0.4, 0.5) is 5.69 Å². The number of hydrogen-bond acceptors (Lipinski definition) is 5. The number of anilines is 1. The average molecular weight is 349 g/mol. The average Bonchev–Trinajstić information content (AvgIpc) is 2.73. The summed E-state index contributed by atoms with van der Waals surface area (Å²) in [7, 11) is 3.29. The molecule has 0 saturated carbocycles. The quantitative estimate of drug-likeness (QED) is 0.712. The lowest BCUT2D eigenvalue weighted by atomic mass is 9.89. The second-order valence-corrected chi connectivity index (χ2v) is 6.63. The molecule has 5 heteroatoms. The highest BCUT2D eigenvalue weighted by molar-refractivity contribution is 5.93. The predicted molar refractivity (Wildman–Crippen MR) is 103 cm³/mol. The number of ether oxygens (including phenoxy) is 2. The van der Waals surface area contributed by atoms with Crippen molar-refractivity contribution < 1.29 is 9.47 Å². The number of nitrogens with zero attached hydrogens (tertiary/aromatic N) is 3. The summed E-state index contributed by atoms with van der Waals surface area (Å²) in [6.07, 6.45) is 4.14. The molecule has 1 aliphatic rings. The molecule has 0 amide bonds. The van der Waals surface area contributed by atoms with E-state index in [2.05, 4.69) is 45.4 Å². The van der Waals surface area contributed by atoms with Gasteiger partial charge in [0.25, 0.3) is 0 Å². The van der Waals surface area contributed by atoms with Crippen LogP contribution in [0, 0.1) is 0 Å². The Balaban J connectivity index is 1.61. The van der Waals surface area contributed by atoms with Crippen LogP contribution in [-0.4, -0.2) is 37.5 Å². The van der Waals surface area contributed by atoms with E-state index in [-0.39, 0.29) is 0 Å². The van der Waals surface area contributed by atoms with E-state index in [0.29, 0.717) is 17.4 Å². The Bertz CT molecular complexity index is 890. The zero-order valence-corrected chi connectivity index (χ0v) is 15.2. The zero-order valence-electron chi connectivity index (χ0n) is 15.2. The molecular weight excluding hydrogens is 326 g/mol. The van der Waals surface area contributed by atoms with Gasteiger partial charge in [-0.1, -0.05) is 30.3 Å². The molecule has 0 bridgehead atoms. The van der Waals surface area contributed by atoms with Crippen molar-refractivity contribution in [3.8, 4) is 11.5 Å². The first-order chi connectivity index (χ1) is 12.8. The van der Waals surface area contributed by atoms with E-state index in [1.165, 1.54) is 5.56 Å². The zero-order chi connectivity index (χ0) is 17.9. The minimum Gasteiger partial charge on any atom is -0.493 e. The SMILES string of the molecule is COc1cc2nncc(N3CCC(c4ccccc4)CC3)c2cc1OC. The van der Waals surface area contributed by atoms with Crippen LogP contribution in [0.3, 0.4) is 0 Å². The normalized spacial score (nSPS) is 15.2. The smallest absolute Gasteiger partial charge is 0.162 e. The van der Waals surface area contributed by atoms with Gasteiger partial charge >= 0.3 is 0 Å². The Labute approximate surface area is 153 Å². The van der Waals surface area contributed by atoms with Gasteiger partial charge in [-0.15, -0.1) is 0 Å². The van der Waals surface area contributed by atoms with E-state index in [0.717, 1.165) is 42.5 Å². The maximum Gasteiger partial charge on any atom is 0.162 e. The molecule has 26 heavy (non-hydrogen) atoms. The Morgan fingerprint density at radius 3 is 2.35 bits per heavy atom. The van der Waals surface area contributed by atoms with Crippen LogP contribution >= 0.6 is 0 Å². The van der Waals surface area contributed by atoms with E-state index in [4.69, 9.17) is 9.47 Å². The van der Waals surface area contributed by atoms with Gasteiger partial charge in [0.15, 0.2) is 11.5 Å². The van der Waals surface area contributed by atoms with Gasteiger partial charge in [0.1, 0.15) is 0 Å². The molecule has 4 rings (SSSR count). The first kappa shape index (κ1) is 16.6. The number of aromatic nitrogens is 2. The number of rotatable bonds is 4. The van der Waals surface area contributed by atoms with Gasteiger partial charge in [-0.2, -0.15) is 10.2 Å². The van der Waals surface area contributed by atoms with Crippen molar-refractivity contribution in [1.82, 2.24) is 10.2 Å². The van der Waals surface area contributed by atoms with Crippen LogP contribution in [0.5, 0.6) is 11.5 Å². The van der Waals surface area contributed by atoms with Crippen molar-refractivity contribution in [3.05, 3.63) is 54.2 Å². The Kier molecular flexibility index (Phi) is 4.61. The lowest BCUT2D eigenvalue weighted by Crippen LogP contribution is -2.33. The molecule has 134 valence electrons. The van der Waals surface area contributed by atoms with Crippen LogP contribution in [0.25, 0.3) is 10.9 Å². The standard InChI is InChI=1S/C21H23N3O2/c1-25-20-12-17-18(13-21(20)26-2)23-22-14-19(17)24-10-8-16(9-11-24)15-6-4-3-5-7-15/h3-7,12-14,16H,8-11H2,1-2H3. The molecule has 0 spiro atoms. The van der Waals surface area contributed by atoms with Gasteiger partial charge in [-0.05, 0) is 30.4 Å². The van der Waals surface area contributed by atoms with Gasteiger partial charge in [0.05, 0.1) is 31.6 Å². The van der Waals surface area contributed by atoms with Gasteiger partial charge in [0.2, 0.25) is 0 Å². The molecule has 5 nitrogen and oxygen atoms in total. The predicted octanol–water partition coefficient (Wildman–Crippen LogP) is 4.03. The van der Waals surface area contributed by atoms with Crippen molar-refractivity contribution >= 4 is 16.6 Å². The topological polar surface area (TPSA) is 47.5 Å². The molecule has 2 heterocycles. The van der Waals surface area contributed by atoms with Crippen molar-refractivity contribution in [2.75, 3.05) is 32.2 Å². The third kappa shape index (κ3) is 3.05. The molecule has 1 fully saturated rings. The largest absolute Gasteiger partial charge is 0.493 e. The molecule has 1 aromatic heterocycles. The van der Waals surface area contributed by atoms with Gasteiger partial charge < -0.3 is 14.4 Å². The Morgan fingerprint density at radius 1 is 0.962 bits per heavy atom. The van der Waals surface area contributed by atoms with Crippen LogP contribution in [0.2, 0.25) is 0 Å². The summed E-state index contributed by atoms with van der Waals surface area (Å²) < 4.78 is 10.9. The summed E-state index contributed by atoms with van der Waals surface area (Å²) in [6, 6.07) is 14.7. The summed E-state index contributed by atoms with van der Waals surface area (Å²) in [4.78, 5) is 2.41. The highest BCUT2D eigenvalue weighted by atomic mass is 16.5. The van der Waals surface area contributed by atoms with Crippen molar-refractivity contribution in [2.45, 2.75) is 18.8 Å². The maximum absolute atomic E-state index is 5.47. The minimum atomic E-state index is 0.628. The van der Waals surface area contributed by atoms with E-state index >= 15 is 0 Å². The molecule has 0 atom stereocenters. The fourth-order valence-corrected chi connectivity index (χ4v) is 3.80. The van der Waals surface area contributed by atoms with E-state index in [1.54, 1.807) is 14.2 Å². The molecule has 0 unspecified atom stereocenters. The van der Waals surface area contributed by atoms with Gasteiger partial charge in [-0.3, -0.25) is 0 Å². The third-order valence-electron chi connectivity index (χ3n) is 5.23. The molecule has 0 N–H and O–H groups in total. The summed E-state index contributed by atoms with van der Waals surface area (Å²) in [6.45, 7) is 2.02. The molecule has 0 radical (unpaired) electrons. The first-order valence-corrected chi connectivity index (χ1v) is 8.97. The Hall–Kier alpha value is -2.82. The monoisotopic (exact) mass is 349 g/mol. The maximum atomic E-state index is 5.47. The van der Waals surface area contributed by atoms with Crippen molar-refractivity contribution in [2.24, 2.45) is 0 Å². The lowest BCUT2D eigenvalue weighted by molar-refractivity contribution is 0.355. The van der Waals surface area contributed by atoms with Crippen LogP contribution in [-0.2, 0) is 0 Å². The molecule has 3 aromatic rings. The number of piperidine rings is 1. The second-order valence-electron chi connectivity index (χ2n) is 6.63. The molecule has 1 saturated heterocycles. The Morgan fingerprint density at radius 2 is 1.65 bits per heavy atom. The highest BCUT2D eigenvalue weighted by Crippen LogP contribution is 2.37. The number of methoxy groups -OCH3 is 2. The van der Waals surface area contributed by atoms with Crippen LogP contribution < -0.4 is 14.4 Å². The molecule has 1 aliphatic heterocycles. The fourth-order valence-electron chi connectivity index (χ4n) is 3.80. The van der Waals surface area contributed by atoms with E-state index in [1.807, 2.05) is 18.3 Å². The summed E-state index contributed by atoms with van der Waals surface area (Å²) in [5.74, 6) is 2.02. The second kappa shape index (κ2) is 7.20. The van der Waals surface area contributed by atoms with Crippen LogP contribution in [0.1, 0.15) is 24.3 Å². The first-order valence-electron chi connectivity index (χ1n) is 8.97. The fraction of sp³-hybridized carbons (Fsp3) is 0.333. The van der Waals surface area contributed by atoms with E-state index < -0.39 is 0 Å². The summed E-state index contributed by atoms with van der Waals surface area (Å²) >= 11 is 0. The molecule has 0 aliphatic carbocycles. The molecular formula is C21H23N3O2. The van der Waals surface area contributed by atoms with Crippen molar-refractivity contribution in [3.63, 3.8) is 0 Å². The number of fused-ring (bicyclic) bond motifs is 1. The molecule has 2 aromatic carbocycles. The van der Waals surface area contributed by atoms with Gasteiger partial charge in [0, 0.05) is 24.5 Å². The summed E-state index contributed by atoms with van der Waals surface area (Å²) in [5.41, 5.74) is 3.38. The van der Waals surface area contributed by atoms with Crippen LogP contribution in [0.15, 0.2) is 48.7 Å². The summed E-state index contributed by atoms with van der Waals surface area (Å²) in [5, 5.41) is 9.53. The van der Waals surface area contributed by atoms with Crippen molar-refractivity contribution in [1.29, 1.82) is 0 Å². The van der Waals surface area contributed by atoms with E-state index in [9.17, 15) is 0 Å². The lowest BCUT2D eigenvalue weighted by Gasteiger charge is -2.34.